The highest BCUT2D eigenvalue weighted by molar-refractivity contribution is 5.80. The normalized spacial score (nSPS) is 11.5. The van der Waals surface area contributed by atoms with E-state index in [0.717, 1.165) is 34.6 Å². The average Bonchev–Trinajstić information content (AvgIpc) is 2.52. The molecule has 0 radical (unpaired) electrons. The van der Waals surface area contributed by atoms with Gasteiger partial charge in [0.1, 0.15) is 12.1 Å². The summed E-state index contributed by atoms with van der Waals surface area (Å²) in [7, 11) is 0. The fourth-order valence-corrected chi connectivity index (χ4v) is 2.23. The lowest BCUT2D eigenvalue weighted by molar-refractivity contribution is -0.104. The summed E-state index contributed by atoms with van der Waals surface area (Å²) in [6.45, 7) is 8.36. The Morgan fingerprint density at radius 2 is 1.68 bits per heavy atom. The molecule has 0 saturated carbocycles. The molecule has 2 aromatic heterocycles. The molecule has 0 spiro atoms. The molecule has 0 unspecified atom stereocenters. The molecule has 0 N–H and O–H groups in total. The van der Waals surface area contributed by atoms with Gasteiger partial charge in [-0.2, -0.15) is 0 Å². The largest absolute Gasteiger partial charge is 0.299 e. The Balaban J connectivity index is 2.76. The van der Waals surface area contributed by atoms with E-state index in [1.54, 1.807) is 18.5 Å². The van der Waals surface area contributed by atoms with Gasteiger partial charge in [-0.1, -0.05) is 27.7 Å². The summed E-state index contributed by atoms with van der Waals surface area (Å²) in [5, 5.41) is 0. The van der Waals surface area contributed by atoms with E-state index < -0.39 is 0 Å². The Bertz CT molecular complexity index is 676. The standard InChI is InChI=1S/C18H21N3O/c1-12(2)16-15(6-5-11-22)17(14-7-9-19-10-8-14)21-18(20-16)13(3)4/h5-13H,1-4H3. The zero-order valence-corrected chi connectivity index (χ0v) is 13.4. The molecular formula is C18H21N3O. The van der Waals surface area contributed by atoms with Crippen LogP contribution in [0.15, 0.2) is 30.6 Å². The fraction of sp³-hybridized carbons (Fsp3) is 0.333. The van der Waals surface area contributed by atoms with Crippen LogP contribution < -0.4 is 0 Å². The highest BCUT2D eigenvalue weighted by Crippen LogP contribution is 2.30. The Hall–Kier alpha value is -2.36. The Kier molecular flexibility index (Phi) is 5.15. The van der Waals surface area contributed by atoms with Crippen molar-refractivity contribution in [2.24, 2.45) is 0 Å². The van der Waals surface area contributed by atoms with Crippen molar-refractivity contribution >= 4 is 12.4 Å². The molecule has 0 atom stereocenters. The van der Waals surface area contributed by atoms with Crippen molar-refractivity contribution in [3.8, 4) is 11.3 Å². The molecule has 0 aliphatic carbocycles. The van der Waals surface area contributed by atoms with Crippen LogP contribution in [0.5, 0.6) is 0 Å². The highest BCUT2D eigenvalue weighted by Gasteiger charge is 2.17. The van der Waals surface area contributed by atoms with Gasteiger partial charge >= 0.3 is 0 Å². The summed E-state index contributed by atoms with van der Waals surface area (Å²) in [6, 6.07) is 3.85. The number of aldehydes is 1. The van der Waals surface area contributed by atoms with Gasteiger partial charge in [0, 0.05) is 29.4 Å². The van der Waals surface area contributed by atoms with Crippen LogP contribution in [0.4, 0.5) is 0 Å². The van der Waals surface area contributed by atoms with Gasteiger partial charge in [0.25, 0.3) is 0 Å². The zero-order valence-electron chi connectivity index (χ0n) is 13.4. The van der Waals surface area contributed by atoms with E-state index in [0.29, 0.717) is 0 Å². The van der Waals surface area contributed by atoms with E-state index in [9.17, 15) is 4.79 Å². The third-order valence-corrected chi connectivity index (χ3v) is 3.35. The van der Waals surface area contributed by atoms with Crippen LogP contribution in [0.25, 0.3) is 17.3 Å². The number of hydrogen-bond donors (Lipinski definition) is 0. The average molecular weight is 295 g/mol. The predicted molar refractivity (Wildman–Crippen MR) is 88.5 cm³/mol. The van der Waals surface area contributed by atoms with Gasteiger partial charge in [0.2, 0.25) is 0 Å². The molecule has 0 saturated heterocycles. The summed E-state index contributed by atoms with van der Waals surface area (Å²) in [5.74, 6) is 1.30. The predicted octanol–water partition coefficient (Wildman–Crippen LogP) is 4.00. The molecule has 2 aromatic rings. The minimum atomic E-state index is 0.238. The third kappa shape index (κ3) is 3.45. The first-order valence-corrected chi connectivity index (χ1v) is 7.48. The SMILES string of the molecule is CC(C)c1nc(-c2ccncc2)c(C=CC=O)c(C(C)C)n1. The molecule has 0 amide bonds. The van der Waals surface area contributed by atoms with Gasteiger partial charge in [0.15, 0.2) is 0 Å². The van der Waals surface area contributed by atoms with Crippen molar-refractivity contribution < 1.29 is 4.79 Å². The van der Waals surface area contributed by atoms with Gasteiger partial charge in [-0.05, 0) is 30.2 Å². The van der Waals surface area contributed by atoms with Gasteiger partial charge in [-0.25, -0.2) is 9.97 Å². The maximum Gasteiger partial charge on any atom is 0.142 e. The molecule has 2 heterocycles. The number of aromatic nitrogens is 3. The maximum atomic E-state index is 10.7. The molecule has 0 aromatic carbocycles. The summed E-state index contributed by atoms with van der Waals surface area (Å²) in [5.41, 5.74) is 3.69. The van der Waals surface area contributed by atoms with Crippen molar-refractivity contribution in [1.82, 2.24) is 15.0 Å². The molecule has 0 fully saturated rings. The number of carbonyl (C=O) groups excluding carboxylic acids is 1. The van der Waals surface area contributed by atoms with E-state index >= 15 is 0 Å². The van der Waals surface area contributed by atoms with Gasteiger partial charge in [-0.15, -0.1) is 0 Å². The molecule has 4 heteroatoms. The smallest absolute Gasteiger partial charge is 0.142 e. The molecule has 22 heavy (non-hydrogen) atoms. The van der Waals surface area contributed by atoms with Crippen molar-refractivity contribution in [2.45, 2.75) is 39.5 Å². The zero-order chi connectivity index (χ0) is 16.1. The number of pyridine rings is 1. The second-order valence-corrected chi connectivity index (χ2v) is 5.77. The molecule has 2 rings (SSSR count). The quantitative estimate of drug-likeness (QED) is 0.618. The molecule has 0 aliphatic rings. The van der Waals surface area contributed by atoms with Crippen molar-refractivity contribution in [3.05, 3.63) is 47.7 Å². The van der Waals surface area contributed by atoms with Crippen LogP contribution in [-0.4, -0.2) is 21.2 Å². The number of carbonyl (C=O) groups is 1. The molecule has 114 valence electrons. The summed E-state index contributed by atoms with van der Waals surface area (Å²) in [4.78, 5) is 24.3. The van der Waals surface area contributed by atoms with E-state index in [2.05, 4.69) is 32.7 Å². The summed E-state index contributed by atoms with van der Waals surface area (Å²) in [6.07, 6.45) is 7.55. The number of nitrogens with zero attached hydrogens (tertiary/aromatic N) is 3. The van der Waals surface area contributed by atoms with E-state index in [-0.39, 0.29) is 11.8 Å². The number of rotatable bonds is 5. The van der Waals surface area contributed by atoms with Crippen LogP contribution in [-0.2, 0) is 4.79 Å². The fourth-order valence-electron chi connectivity index (χ4n) is 2.23. The number of allylic oxidation sites excluding steroid dienone is 1. The van der Waals surface area contributed by atoms with Gasteiger partial charge in [0.05, 0.1) is 11.4 Å². The molecule has 4 nitrogen and oxygen atoms in total. The second kappa shape index (κ2) is 7.07. The van der Waals surface area contributed by atoms with Crippen molar-refractivity contribution in [1.29, 1.82) is 0 Å². The van der Waals surface area contributed by atoms with Gasteiger partial charge < -0.3 is 0 Å². The van der Waals surface area contributed by atoms with Crippen LogP contribution in [0, 0.1) is 0 Å². The van der Waals surface area contributed by atoms with Crippen molar-refractivity contribution in [3.63, 3.8) is 0 Å². The minimum Gasteiger partial charge on any atom is -0.299 e. The number of hydrogen-bond acceptors (Lipinski definition) is 4. The third-order valence-electron chi connectivity index (χ3n) is 3.35. The lowest BCUT2D eigenvalue weighted by Gasteiger charge is -2.17. The first kappa shape index (κ1) is 16.0. The van der Waals surface area contributed by atoms with Crippen LogP contribution in [0.3, 0.4) is 0 Å². The molecule has 0 bridgehead atoms. The summed E-state index contributed by atoms with van der Waals surface area (Å²) >= 11 is 0. The van der Waals surface area contributed by atoms with Crippen LogP contribution >= 0.6 is 0 Å². The lowest BCUT2D eigenvalue weighted by atomic mass is 9.97. The monoisotopic (exact) mass is 295 g/mol. The topological polar surface area (TPSA) is 55.7 Å². The van der Waals surface area contributed by atoms with E-state index in [4.69, 9.17) is 9.97 Å². The highest BCUT2D eigenvalue weighted by atomic mass is 16.1. The Labute approximate surface area is 131 Å². The van der Waals surface area contributed by atoms with Crippen LogP contribution in [0.2, 0.25) is 0 Å². The first-order valence-electron chi connectivity index (χ1n) is 7.48. The Morgan fingerprint density at radius 3 is 2.23 bits per heavy atom. The van der Waals surface area contributed by atoms with Crippen molar-refractivity contribution in [2.75, 3.05) is 0 Å². The van der Waals surface area contributed by atoms with Crippen LogP contribution in [0.1, 0.15) is 56.6 Å². The summed E-state index contributed by atoms with van der Waals surface area (Å²) < 4.78 is 0. The second-order valence-electron chi connectivity index (χ2n) is 5.77. The minimum absolute atomic E-state index is 0.238. The first-order chi connectivity index (χ1) is 10.5. The molecule has 0 aliphatic heterocycles. The lowest BCUT2D eigenvalue weighted by Crippen LogP contribution is -2.08. The van der Waals surface area contributed by atoms with Gasteiger partial charge in [-0.3, -0.25) is 9.78 Å². The van der Waals surface area contributed by atoms with E-state index in [1.165, 1.54) is 6.08 Å². The molecular weight excluding hydrogens is 274 g/mol. The Morgan fingerprint density at radius 1 is 1.00 bits per heavy atom. The maximum absolute atomic E-state index is 10.7. The van der Waals surface area contributed by atoms with E-state index in [1.807, 2.05) is 12.1 Å².